The molecule has 7 aromatic rings. The van der Waals surface area contributed by atoms with Crippen LogP contribution in [0, 0.1) is 0 Å². The molecule has 0 aliphatic heterocycles. The van der Waals surface area contributed by atoms with E-state index in [2.05, 4.69) is 136 Å². The minimum atomic E-state index is 1.13. The van der Waals surface area contributed by atoms with Gasteiger partial charge in [0.1, 0.15) is 0 Å². The first-order valence-electron chi connectivity index (χ1n) is 17.7. The van der Waals surface area contributed by atoms with Crippen molar-refractivity contribution in [3.63, 3.8) is 0 Å². The van der Waals surface area contributed by atoms with Gasteiger partial charge in [-0.2, -0.15) is 0 Å². The monoisotopic (exact) mass is 598 g/mol. The lowest BCUT2D eigenvalue weighted by molar-refractivity contribution is 0.738. The highest BCUT2D eigenvalue weighted by atomic mass is 14.3. The minimum Gasteiger partial charge on any atom is -0.0654 e. The van der Waals surface area contributed by atoms with Crippen LogP contribution in [-0.4, -0.2) is 0 Å². The van der Waals surface area contributed by atoms with Gasteiger partial charge in [-0.1, -0.05) is 143 Å². The summed E-state index contributed by atoms with van der Waals surface area (Å²) in [6.07, 6.45) is 10.8. The molecule has 230 valence electrons. The van der Waals surface area contributed by atoms with Crippen LogP contribution in [-0.2, 0) is 19.3 Å². The number of rotatable bonds is 11. The Balaban J connectivity index is 1.67. The molecule has 0 spiro atoms. The first-order chi connectivity index (χ1) is 22.7. The van der Waals surface area contributed by atoms with E-state index in [1.807, 2.05) is 0 Å². The molecule has 0 aliphatic rings. The largest absolute Gasteiger partial charge is 0.0654 e. The van der Waals surface area contributed by atoms with Crippen molar-refractivity contribution >= 4 is 43.1 Å². The number of fused-ring (bicyclic) bond motifs is 4. The van der Waals surface area contributed by atoms with Crippen molar-refractivity contribution in [3.05, 3.63) is 132 Å². The molecular weight excluding hydrogens is 553 g/mol. The van der Waals surface area contributed by atoms with Crippen LogP contribution in [0.5, 0.6) is 0 Å². The summed E-state index contributed by atoms with van der Waals surface area (Å²) in [6, 6.07) is 43.7. The van der Waals surface area contributed by atoms with E-state index in [1.54, 1.807) is 16.7 Å². The van der Waals surface area contributed by atoms with Gasteiger partial charge in [-0.15, -0.1) is 0 Å². The van der Waals surface area contributed by atoms with Gasteiger partial charge in [0.2, 0.25) is 0 Å². The molecule has 7 aromatic carbocycles. The van der Waals surface area contributed by atoms with Gasteiger partial charge in [0, 0.05) is 0 Å². The van der Waals surface area contributed by atoms with Crippen molar-refractivity contribution in [1.29, 1.82) is 0 Å². The Labute approximate surface area is 275 Å². The van der Waals surface area contributed by atoms with Crippen LogP contribution in [0.25, 0.3) is 65.3 Å². The van der Waals surface area contributed by atoms with E-state index in [4.69, 9.17) is 0 Å². The van der Waals surface area contributed by atoms with Crippen LogP contribution in [0.2, 0.25) is 0 Å². The molecule has 0 heteroatoms. The zero-order valence-electron chi connectivity index (χ0n) is 27.8. The van der Waals surface area contributed by atoms with Crippen LogP contribution < -0.4 is 0 Å². The maximum atomic E-state index is 2.63. The van der Waals surface area contributed by atoms with Crippen molar-refractivity contribution in [2.75, 3.05) is 0 Å². The summed E-state index contributed by atoms with van der Waals surface area (Å²) in [5.41, 5.74) is 10.3. The van der Waals surface area contributed by atoms with E-state index in [9.17, 15) is 0 Å². The molecule has 0 aromatic heterocycles. The Morgan fingerprint density at radius 2 is 0.870 bits per heavy atom. The zero-order valence-corrected chi connectivity index (χ0v) is 27.8. The summed E-state index contributed by atoms with van der Waals surface area (Å²) < 4.78 is 0. The summed E-state index contributed by atoms with van der Waals surface area (Å²) in [6.45, 7) is 7.01. The lowest BCUT2D eigenvalue weighted by Gasteiger charge is -2.25. The second-order valence-electron chi connectivity index (χ2n) is 13.1. The maximum absolute atomic E-state index is 2.63. The van der Waals surface area contributed by atoms with Gasteiger partial charge in [-0.25, -0.2) is 0 Å². The molecule has 0 nitrogen and oxygen atoms in total. The fourth-order valence-electron chi connectivity index (χ4n) is 7.71. The van der Waals surface area contributed by atoms with Crippen molar-refractivity contribution in [2.24, 2.45) is 0 Å². The summed E-state index contributed by atoms with van der Waals surface area (Å²) >= 11 is 0. The fraction of sp³-hybridized carbons (Fsp3) is 0.261. The molecule has 46 heavy (non-hydrogen) atoms. The Morgan fingerprint density at radius 1 is 0.391 bits per heavy atom. The van der Waals surface area contributed by atoms with Crippen LogP contribution in [0.15, 0.2) is 115 Å². The van der Waals surface area contributed by atoms with Crippen LogP contribution in [0.4, 0.5) is 0 Å². The molecule has 0 saturated carbocycles. The highest BCUT2D eigenvalue weighted by molar-refractivity contribution is 6.23. The first kappa shape index (κ1) is 30.2. The Bertz CT molecular complexity index is 2160. The molecule has 0 aliphatic carbocycles. The van der Waals surface area contributed by atoms with E-state index in [0.717, 1.165) is 12.8 Å². The van der Waals surface area contributed by atoms with Gasteiger partial charge < -0.3 is 0 Å². The third kappa shape index (κ3) is 5.60. The highest BCUT2D eigenvalue weighted by Crippen LogP contribution is 2.47. The summed E-state index contributed by atoms with van der Waals surface area (Å²) in [4.78, 5) is 0. The molecule has 0 saturated heterocycles. The van der Waals surface area contributed by atoms with Crippen molar-refractivity contribution in [2.45, 2.75) is 78.6 Å². The SMILES string of the molecule is CCCCc1cc2c(-c3ccc4ccccc4c3)c3ccccc3c(-c3ccc4ccccc4c3)c2c(CCCC)c1CCCC. The molecular formula is C46H46. The fourth-order valence-corrected chi connectivity index (χ4v) is 7.71. The number of benzene rings is 7. The molecule has 0 unspecified atom stereocenters. The predicted molar refractivity (Wildman–Crippen MR) is 203 cm³/mol. The average molecular weight is 599 g/mol. The summed E-state index contributed by atoms with van der Waals surface area (Å²) in [7, 11) is 0. The standard InChI is InChI=1S/C46H46/c1-4-7-16-36-31-43-44(37-27-25-32-17-10-12-19-34(32)29-37)41-23-14-15-24-42(41)45(38-28-26-33-18-11-13-20-35(33)30-38)46(43)40(22-9-6-3)39(36)21-8-5-2/h10-15,17-20,23-31H,4-9,16,21-22H2,1-3H3. The summed E-state index contributed by atoms with van der Waals surface area (Å²) in [5.74, 6) is 0. The van der Waals surface area contributed by atoms with Gasteiger partial charge in [-0.05, 0) is 133 Å². The molecule has 0 amide bonds. The summed E-state index contributed by atoms with van der Waals surface area (Å²) in [5, 5.41) is 10.8. The lowest BCUT2D eigenvalue weighted by Crippen LogP contribution is -2.05. The molecule has 0 fully saturated rings. The van der Waals surface area contributed by atoms with Gasteiger partial charge in [0.15, 0.2) is 0 Å². The zero-order chi connectivity index (χ0) is 31.5. The number of hydrogen-bond donors (Lipinski definition) is 0. The Kier molecular flexibility index (Phi) is 8.89. The molecule has 0 bridgehead atoms. The lowest BCUT2D eigenvalue weighted by atomic mass is 9.79. The number of aryl methyl sites for hydroxylation is 2. The van der Waals surface area contributed by atoms with E-state index in [0.29, 0.717) is 0 Å². The van der Waals surface area contributed by atoms with Crippen molar-refractivity contribution < 1.29 is 0 Å². The normalized spacial score (nSPS) is 11.7. The number of hydrogen-bond acceptors (Lipinski definition) is 0. The topological polar surface area (TPSA) is 0 Å². The Morgan fingerprint density at radius 3 is 1.46 bits per heavy atom. The molecule has 7 rings (SSSR count). The third-order valence-electron chi connectivity index (χ3n) is 10.1. The van der Waals surface area contributed by atoms with E-state index in [1.165, 1.54) is 110 Å². The molecule has 0 N–H and O–H groups in total. The smallest absolute Gasteiger partial charge is 0.00233 e. The quantitative estimate of drug-likeness (QED) is 0.130. The molecule has 0 radical (unpaired) electrons. The van der Waals surface area contributed by atoms with Crippen LogP contribution >= 0.6 is 0 Å². The maximum Gasteiger partial charge on any atom is -0.00233 e. The Hall–Kier alpha value is -4.42. The van der Waals surface area contributed by atoms with E-state index >= 15 is 0 Å². The second-order valence-corrected chi connectivity index (χ2v) is 13.1. The van der Waals surface area contributed by atoms with Crippen LogP contribution in [0.1, 0.15) is 76.0 Å². The van der Waals surface area contributed by atoms with Crippen LogP contribution in [0.3, 0.4) is 0 Å². The molecule has 0 heterocycles. The van der Waals surface area contributed by atoms with Gasteiger partial charge in [-0.3, -0.25) is 0 Å². The van der Waals surface area contributed by atoms with Gasteiger partial charge in [0.25, 0.3) is 0 Å². The predicted octanol–water partition coefficient (Wildman–Crippen LogP) is 13.7. The minimum absolute atomic E-state index is 1.13. The number of unbranched alkanes of at least 4 members (excludes halogenated alkanes) is 3. The average Bonchev–Trinajstić information content (AvgIpc) is 3.10. The van der Waals surface area contributed by atoms with E-state index in [-0.39, 0.29) is 0 Å². The van der Waals surface area contributed by atoms with Crippen molar-refractivity contribution in [1.82, 2.24) is 0 Å². The molecule has 0 atom stereocenters. The first-order valence-corrected chi connectivity index (χ1v) is 17.7. The highest BCUT2D eigenvalue weighted by Gasteiger charge is 2.23. The van der Waals surface area contributed by atoms with Gasteiger partial charge in [0.05, 0.1) is 0 Å². The third-order valence-corrected chi connectivity index (χ3v) is 10.1. The van der Waals surface area contributed by atoms with Gasteiger partial charge >= 0.3 is 0 Å². The van der Waals surface area contributed by atoms with Crippen molar-refractivity contribution in [3.8, 4) is 22.3 Å². The second kappa shape index (κ2) is 13.5. The van der Waals surface area contributed by atoms with E-state index < -0.39 is 0 Å².